The fraction of sp³-hybridized carbons (Fsp3) is 0.650. The van der Waals surface area contributed by atoms with Crippen molar-refractivity contribution >= 4 is 5.91 Å². The van der Waals surface area contributed by atoms with Gasteiger partial charge in [-0.1, -0.05) is 6.07 Å². The molecule has 1 aromatic carbocycles. The van der Waals surface area contributed by atoms with E-state index in [1.807, 2.05) is 12.1 Å². The molecule has 0 spiro atoms. The van der Waals surface area contributed by atoms with Crippen molar-refractivity contribution in [2.24, 2.45) is 5.92 Å². The summed E-state index contributed by atoms with van der Waals surface area (Å²) in [5.74, 6) is 1.32. The minimum absolute atomic E-state index is 0.181. The number of para-hydroxylation sites is 1. The Hall–Kier alpha value is -1.79. The Morgan fingerprint density at radius 3 is 2.50 bits per heavy atom. The minimum atomic E-state index is 0.181. The number of carbonyl (C=O) groups is 1. The monoisotopic (exact) mass is 363 g/mol. The number of phenols is 1. The Bertz CT molecular complexity index is 606. The van der Waals surface area contributed by atoms with E-state index in [9.17, 15) is 9.90 Å². The van der Waals surface area contributed by atoms with Crippen LogP contribution in [-0.2, 0) is 11.3 Å². The van der Waals surface area contributed by atoms with Gasteiger partial charge in [0.2, 0.25) is 5.91 Å². The van der Waals surface area contributed by atoms with Crippen molar-refractivity contribution in [3.63, 3.8) is 0 Å². The van der Waals surface area contributed by atoms with Gasteiger partial charge in [0.15, 0.2) is 11.5 Å². The van der Waals surface area contributed by atoms with Crippen molar-refractivity contribution in [2.75, 3.05) is 52.9 Å². The number of methoxy groups -OCH3 is 1. The van der Waals surface area contributed by atoms with Gasteiger partial charge in [0.25, 0.3) is 0 Å². The summed E-state index contributed by atoms with van der Waals surface area (Å²) >= 11 is 0. The maximum Gasteiger partial charge on any atom is 0.226 e. The fourth-order valence-electron chi connectivity index (χ4n) is 4.25. The fourth-order valence-corrected chi connectivity index (χ4v) is 4.25. The molecule has 0 radical (unpaired) electrons. The molecule has 2 aliphatic rings. The van der Waals surface area contributed by atoms with E-state index in [0.717, 1.165) is 70.8 Å². The first-order valence-electron chi connectivity index (χ1n) is 9.93. The number of piperidine rings is 1. The van der Waals surface area contributed by atoms with Gasteiger partial charge in [0, 0.05) is 18.8 Å². The van der Waals surface area contributed by atoms with Crippen LogP contribution in [0, 0.1) is 5.92 Å². The normalized spacial score (nSPS) is 24.5. The number of piperazine rings is 1. The van der Waals surface area contributed by atoms with Gasteiger partial charge in [-0.2, -0.15) is 0 Å². The SMILES string of the molecule is CC[NH+]1CCN(C(=O)C2CC[NH+](Cc3cccc(OC)c3O)CC2)CC1. The number of carbonyl (C=O) groups excluding carboxylic acids is 1. The number of rotatable bonds is 5. The summed E-state index contributed by atoms with van der Waals surface area (Å²) in [6.07, 6.45) is 1.89. The molecular formula is C20H33N3O3+2. The lowest BCUT2D eigenvalue weighted by Gasteiger charge is -2.36. The van der Waals surface area contributed by atoms with Crippen molar-refractivity contribution in [1.29, 1.82) is 0 Å². The van der Waals surface area contributed by atoms with Crippen LogP contribution < -0.4 is 14.5 Å². The molecule has 2 heterocycles. The summed E-state index contributed by atoms with van der Waals surface area (Å²) in [4.78, 5) is 17.9. The predicted octanol–water partition coefficient (Wildman–Crippen LogP) is -1.06. The summed E-state index contributed by atoms with van der Waals surface area (Å²) < 4.78 is 5.19. The quantitative estimate of drug-likeness (QED) is 0.625. The highest BCUT2D eigenvalue weighted by Crippen LogP contribution is 2.28. The average molecular weight is 364 g/mol. The number of hydrogen-bond donors (Lipinski definition) is 3. The number of aromatic hydroxyl groups is 1. The van der Waals surface area contributed by atoms with E-state index >= 15 is 0 Å². The Labute approximate surface area is 156 Å². The van der Waals surface area contributed by atoms with Crippen LogP contribution in [0.5, 0.6) is 11.5 Å². The molecule has 3 N–H and O–H groups in total. The highest BCUT2D eigenvalue weighted by atomic mass is 16.5. The number of hydrogen-bond acceptors (Lipinski definition) is 3. The molecule has 144 valence electrons. The summed E-state index contributed by atoms with van der Waals surface area (Å²) in [5, 5.41) is 10.3. The van der Waals surface area contributed by atoms with Gasteiger partial charge >= 0.3 is 0 Å². The number of nitrogens with zero attached hydrogens (tertiary/aromatic N) is 1. The van der Waals surface area contributed by atoms with Crippen molar-refractivity contribution < 1.29 is 24.4 Å². The molecule has 0 saturated carbocycles. The molecule has 2 aliphatic heterocycles. The zero-order chi connectivity index (χ0) is 18.5. The predicted molar refractivity (Wildman–Crippen MR) is 99.6 cm³/mol. The summed E-state index contributed by atoms with van der Waals surface area (Å²) in [6, 6.07) is 5.65. The highest BCUT2D eigenvalue weighted by molar-refractivity contribution is 5.79. The van der Waals surface area contributed by atoms with Gasteiger partial charge in [-0.3, -0.25) is 4.79 Å². The van der Waals surface area contributed by atoms with Crippen molar-refractivity contribution in [3.05, 3.63) is 23.8 Å². The zero-order valence-corrected chi connectivity index (χ0v) is 16.1. The maximum absolute atomic E-state index is 12.8. The first kappa shape index (κ1) is 19.0. The molecule has 2 fully saturated rings. The van der Waals surface area contributed by atoms with E-state index < -0.39 is 0 Å². The molecule has 0 aliphatic carbocycles. The van der Waals surface area contributed by atoms with Gasteiger partial charge in [-0.25, -0.2) is 0 Å². The molecule has 0 bridgehead atoms. The molecule has 0 atom stereocenters. The second-order valence-corrected chi connectivity index (χ2v) is 7.60. The second-order valence-electron chi connectivity index (χ2n) is 7.60. The lowest BCUT2D eigenvalue weighted by atomic mass is 9.94. The van der Waals surface area contributed by atoms with E-state index in [1.165, 1.54) is 4.90 Å². The van der Waals surface area contributed by atoms with Crippen LogP contribution in [-0.4, -0.2) is 68.8 Å². The Morgan fingerprint density at radius 2 is 1.88 bits per heavy atom. The maximum atomic E-state index is 12.8. The van der Waals surface area contributed by atoms with Gasteiger partial charge in [-0.15, -0.1) is 0 Å². The lowest BCUT2D eigenvalue weighted by Crippen LogP contribution is -3.14. The van der Waals surface area contributed by atoms with Crippen molar-refractivity contribution in [3.8, 4) is 11.5 Å². The number of phenolic OH excluding ortho intramolecular Hbond substituents is 1. The highest BCUT2D eigenvalue weighted by Gasteiger charge is 2.32. The third kappa shape index (κ3) is 4.30. The first-order valence-corrected chi connectivity index (χ1v) is 9.93. The van der Waals surface area contributed by atoms with Crippen LogP contribution in [0.2, 0.25) is 0 Å². The summed E-state index contributed by atoms with van der Waals surface area (Å²) in [5.41, 5.74) is 0.919. The number of likely N-dealkylation sites (tertiary alicyclic amines) is 1. The number of amides is 1. The molecule has 1 amide bonds. The van der Waals surface area contributed by atoms with E-state index in [2.05, 4.69) is 11.8 Å². The van der Waals surface area contributed by atoms with E-state index in [4.69, 9.17) is 4.74 Å². The van der Waals surface area contributed by atoms with Gasteiger partial charge in [-0.05, 0) is 19.1 Å². The number of quaternary nitrogens is 2. The van der Waals surface area contributed by atoms with Gasteiger partial charge < -0.3 is 24.5 Å². The van der Waals surface area contributed by atoms with Crippen LogP contribution in [0.3, 0.4) is 0 Å². The molecular weight excluding hydrogens is 330 g/mol. The van der Waals surface area contributed by atoms with Crippen molar-refractivity contribution in [2.45, 2.75) is 26.3 Å². The zero-order valence-electron chi connectivity index (χ0n) is 16.1. The number of benzene rings is 1. The minimum Gasteiger partial charge on any atom is -0.504 e. The van der Waals surface area contributed by atoms with Crippen LogP contribution in [0.25, 0.3) is 0 Å². The van der Waals surface area contributed by atoms with Crippen molar-refractivity contribution in [1.82, 2.24) is 4.90 Å². The molecule has 6 heteroatoms. The number of nitrogens with one attached hydrogen (secondary N) is 2. The molecule has 6 nitrogen and oxygen atoms in total. The molecule has 3 rings (SSSR count). The Morgan fingerprint density at radius 1 is 1.19 bits per heavy atom. The van der Waals surface area contributed by atoms with Crippen LogP contribution in [0.15, 0.2) is 18.2 Å². The standard InChI is InChI=1S/C20H31N3O3/c1-3-21-11-13-23(14-12-21)20(25)16-7-9-22(10-8-16)15-17-5-4-6-18(26-2)19(17)24/h4-6,16,24H,3,7-15H2,1-2H3/p+2. The van der Waals surface area contributed by atoms with Crippen LogP contribution in [0.4, 0.5) is 0 Å². The first-order chi connectivity index (χ1) is 12.6. The Balaban J connectivity index is 1.49. The van der Waals surface area contributed by atoms with Crippen LogP contribution >= 0.6 is 0 Å². The molecule has 1 aromatic rings. The average Bonchev–Trinajstić information content (AvgIpc) is 2.69. The van der Waals surface area contributed by atoms with E-state index in [1.54, 1.807) is 18.1 Å². The summed E-state index contributed by atoms with van der Waals surface area (Å²) in [6.45, 7) is 10.1. The molecule has 0 unspecified atom stereocenters. The Kier molecular flexibility index (Phi) is 6.38. The second kappa shape index (κ2) is 8.73. The number of likely N-dealkylation sites (N-methyl/N-ethyl adjacent to an activating group) is 1. The third-order valence-corrected chi connectivity index (χ3v) is 6.07. The molecule has 26 heavy (non-hydrogen) atoms. The third-order valence-electron chi connectivity index (χ3n) is 6.07. The topological polar surface area (TPSA) is 58.7 Å². The van der Waals surface area contributed by atoms with Gasteiger partial charge in [0.05, 0.1) is 58.5 Å². The number of ether oxygens (including phenoxy) is 1. The molecule has 0 aromatic heterocycles. The largest absolute Gasteiger partial charge is 0.504 e. The smallest absolute Gasteiger partial charge is 0.226 e. The summed E-state index contributed by atoms with van der Waals surface area (Å²) in [7, 11) is 1.57. The van der Waals surface area contributed by atoms with E-state index in [0.29, 0.717) is 11.7 Å². The lowest BCUT2D eigenvalue weighted by molar-refractivity contribution is -0.919. The molecule has 2 saturated heterocycles. The van der Waals surface area contributed by atoms with Gasteiger partial charge in [0.1, 0.15) is 6.54 Å². The van der Waals surface area contributed by atoms with E-state index in [-0.39, 0.29) is 11.7 Å². The van der Waals surface area contributed by atoms with Crippen LogP contribution in [0.1, 0.15) is 25.3 Å².